The zero-order valence-electron chi connectivity index (χ0n) is 18.1. The molecule has 2 saturated heterocycles. The zero-order valence-corrected chi connectivity index (χ0v) is 18.1. The largest absolute Gasteiger partial charge is 0.385 e. The van der Waals surface area contributed by atoms with E-state index in [1.54, 1.807) is 14.2 Å². The molecule has 1 aliphatic carbocycles. The van der Waals surface area contributed by atoms with E-state index in [-0.39, 0.29) is 11.9 Å². The molecule has 4 heterocycles. The van der Waals surface area contributed by atoms with Crippen LogP contribution in [0, 0.1) is 11.8 Å². The Morgan fingerprint density at radius 1 is 1.27 bits per heavy atom. The van der Waals surface area contributed by atoms with Crippen molar-refractivity contribution in [3.8, 4) is 0 Å². The van der Waals surface area contributed by atoms with Crippen LogP contribution in [0.5, 0.6) is 0 Å². The second kappa shape index (κ2) is 7.98. The van der Waals surface area contributed by atoms with Gasteiger partial charge >= 0.3 is 0 Å². The van der Waals surface area contributed by atoms with Gasteiger partial charge in [-0.25, -0.2) is 0 Å². The summed E-state index contributed by atoms with van der Waals surface area (Å²) in [5, 5.41) is 4.50. The van der Waals surface area contributed by atoms with E-state index in [2.05, 4.69) is 39.5 Å². The highest BCUT2D eigenvalue weighted by Crippen LogP contribution is 2.55. The predicted octanol–water partition coefficient (Wildman–Crippen LogP) is 2.47. The van der Waals surface area contributed by atoms with E-state index < -0.39 is 5.41 Å². The Bertz CT molecular complexity index is 926. The zero-order chi connectivity index (χ0) is 20.7. The lowest BCUT2D eigenvalue weighted by molar-refractivity contribution is -0.142. The van der Waals surface area contributed by atoms with Crippen molar-refractivity contribution in [1.82, 2.24) is 15.2 Å². The van der Waals surface area contributed by atoms with Gasteiger partial charge in [-0.3, -0.25) is 9.69 Å². The fraction of sp³-hybridized carbons (Fsp3) is 0.625. The maximum Gasteiger partial charge on any atom is 0.233 e. The molecule has 1 amide bonds. The van der Waals surface area contributed by atoms with Gasteiger partial charge in [0, 0.05) is 63.1 Å². The summed E-state index contributed by atoms with van der Waals surface area (Å²) in [5.74, 6) is 1.18. The molecular formula is C24H33N3O3. The normalized spacial score (nSPS) is 32.1. The molecule has 0 radical (unpaired) electrons. The number of aromatic amines is 1. The number of carbonyl (C=O) groups excluding carboxylic acids is 1. The molecule has 3 fully saturated rings. The quantitative estimate of drug-likeness (QED) is 0.687. The third-order valence-corrected chi connectivity index (χ3v) is 7.68. The number of rotatable bonds is 7. The van der Waals surface area contributed by atoms with Gasteiger partial charge in [0.05, 0.1) is 6.61 Å². The van der Waals surface area contributed by atoms with Gasteiger partial charge in [-0.1, -0.05) is 18.2 Å². The summed E-state index contributed by atoms with van der Waals surface area (Å²) in [6, 6.07) is 8.74. The molecule has 2 unspecified atom stereocenters. The number of methoxy groups -OCH3 is 2. The molecule has 4 bridgehead atoms. The van der Waals surface area contributed by atoms with Crippen molar-refractivity contribution in [3.05, 3.63) is 35.5 Å². The standard InChI is InChI=1S/C24H33N3O3/c1-29-11-8-17-13-16-14-24(23(28)25-9-12-30-2)21-19(7-10-27(15-16)22(17)24)18-5-3-4-6-20(18)26-21/h3-6,16-17,22,26H,7-15H2,1-2H3,(H,25,28)/t16?,17-,22-,24+/m0/s1. The molecule has 30 heavy (non-hydrogen) atoms. The Morgan fingerprint density at radius 3 is 2.93 bits per heavy atom. The van der Waals surface area contributed by atoms with E-state index in [1.165, 1.54) is 17.4 Å². The average Bonchev–Trinajstić information content (AvgIpc) is 3.10. The molecular weight excluding hydrogens is 378 g/mol. The lowest BCUT2D eigenvalue weighted by Crippen LogP contribution is -2.69. The molecule has 1 aromatic heterocycles. The number of fused-ring (bicyclic) bond motifs is 4. The van der Waals surface area contributed by atoms with E-state index in [0.29, 0.717) is 25.0 Å². The van der Waals surface area contributed by atoms with E-state index in [0.717, 1.165) is 50.2 Å². The van der Waals surface area contributed by atoms with Crippen molar-refractivity contribution < 1.29 is 14.3 Å². The van der Waals surface area contributed by atoms with Crippen LogP contribution in [0.3, 0.4) is 0 Å². The van der Waals surface area contributed by atoms with Gasteiger partial charge in [0.25, 0.3) is 0 Å². The summed E-state index contributed by atoms with van der Waals surface area (Å²) in [7, 11) is 3.45. The Balaban J connectivity index is 1.65. The van der Waals surface area contributed by atoms with E-state index in [9.17, 15) is 4.79 Å². The van der Waals surface area contributed by atoms with Crippen molar-refractivity contribution in [2.75, 3.05) is 47.1 Å². The Morgan fingerprint density at radius 2 is 2.10 bits per heavy atom. The number of aromatic nitrogens is 1. The number of H-pyrrole nitrogens is 1. The number of benzene rings is 1. The number of hydrogen-bond acceptors (Lipinski definition) is 4. The van der Waals surface area contributed by atoms with E-state index in [4.69, 9.17) is 9.47 Å². The first-order valence-electron chi connectivity index (χ1n) is 11.3. The van der Waals surface area contributed by atoms with Crippen LogP contribution in [-0.4, -0.2) is 68.9 Å². The van der Waals surface area contributed by atoms with E-state index >= 15 is 0 Å². The summed E-state index contributed by atoms with van der Waals surface area (Å²) >= 11 is 0. The summed E-state index contributed by atoms with van der Waals surface area (Å²) < 4.78 is 10.7. The summed E-state index contributed by atoms with van der Waals surface area (Å²) in [4.78, 5) is 20.3. The van der Waals surface area contributed by atoms with Crippen LogP contribution in [0.4, 0.5) is 0 Å². The van der Waals surface area contributed by atoms with Crippen LogP contribution in [0.1, 0.15) is 30.5 Å². The topological polar surface area (TPSA) is 66.6 Å². The number of hydrogen-bond donors (Lipinski definition) is 2. The minimum absolute atomic E-state index is 0.163. The fourth-order valence-electron chi connectivity index (χ4n) is 6.70. The number of carbonyl (C=O) groups is 1. The molecule has 2 aromatic rings. The van der Waals surface area contributed by atoms with Crippen molar-refractivity contribution >= 4 is 16.8 Å². The monoisotopic (exact) mass is 411 g/mol. The van der Waals surface area contributed by atoms with Gasteiger partial charge < -0.3 is 19.8 Å². The SMILES string of the molecule is COCCNC(=O)[C@@]12CC3C[C@H](CCOC)[C@@H]1N(CCc1c2[nH]c2ccccc12)C3. The Hall–Kier alpha value is -1.89. The van der Waals surface area contributed by atoms with Crippen molar-refractivity contribution in [1.29, 1.82) is 0 Å². The minimum Gasteiger partial charge on any atom is -0.385 e. The summed E-state index contributed by atoms with van der Waals surface area (Å²) in [6.07, 6.45) is 4.13. The lowest BCUT2D eigenvalue weighted by atomic mass is 9.56. The lowest BCUT2D eigenvalue weighted by Gasteiger charge is -2.58. The van der Waals surface area contributed by atoms with Crippen LogP contribution in [0.15, 0.2) is 24.3 Å². The molecule has 6 nitrogen and oxygen atoms in total. The molecule has 2 N–H and O–H groups in total. The number of para-hydroxylation sites is 1. The molecule has 0 spiro atoms. The second-order valence-corrected chi connectivity index (χ2v) is 9.28. The van der Waals surface area contributed by atoms with Gasteiger partial charge in [-0.15, -0.1) is 0 Å². The second-order valence-electron chi connectivity index (χ2n) is 9.28. The van der Waals surface area contributed by atoms with Crippen molar-refractivity contribution in [2.45, 2.75) is 37.1 Å². The number of nitrogens with one attached hydrogen (secondary N) is 2. The summed E-state index contributed by atoms with van der Waals surface area (Å²) in [5.41, 5.74) is 3.12. The minimum atomic E-state index is -0.530. The van der Waals surface area contributed by atoms with Gasteiger partial charge in [0.15, 0.2) is 0 Å². The summed E-state index contributed by atoms with van der Waals surface area (Å²) in [6.45, 7) is 3.97. The third-order valence-electron chi connectivity index (χ3n) is 7.68. The van der Waals surface area contributed by atoms with Gasteiger partial charge in [0.1, 0.15) is 5.41 Å². The number of amides is 1. The van der Waals surface area contributed by atoms with Crippen LogP contribution >= 0.6 is 0 Å². The predicted molar refractivity (Wildman–Crippen MR) is 117 cm³/mol. The number of ether oxygens (including phenoxy) is 2. The first-order chi connectivity index (χ1) is 14.7. The van der Waals surface area contributed by atoms with Crippen molar-refractivity contribution in [2.24, 2.45) is 11.8 Å². The Labute approximate surface area is 178 Å². The van der Waals surface area contributed by atoms with Crippen molar-refractivity contribution in [3.63, 3.8) is 0 Å². The van der Waals surface area contributed by atoms with Crippen LogP contribution in [0.2, 0.25) is 0 Å². The smallest absolute Gasteiger partial charge is 0.233 e. The molecule has 5 atom stereocenters. The molecule has 3 aliphatic heterocycles. The van der Waals surface area contributed by atoms with Gasteiger partial charge in [-0.2, -0.15) is 0 Å². The van der Waals surface area contributed by atoms with Crippen LogP contribution < -0.4 is 5.32 Å². The fourth-order valence-corrected chi connectivity index (χ4v) is 6.70. The molecule has 6 rings (SSSR count). The third kappa shape index (κ3) is 3.00. The van der Waals surface area contributed by atoms with Crippen LogP contribution in [-0.2, 0) is 26.1 Å². The highest BCUT2D eigenvalue weighted by Gasteiger charge is 2.62. The molecule has 6 heteroatoms. The number of nitrogens with zero attached hydrogens (tertiary/aromatic N) is 1. The maximum absolute atomic E-state index is 14.0. The molecule has 1 aromatic carbocycles. The highest BCUT2D eigenvalue weighted by molar-refractivity contribution is 5.94. The molecule has 162 valence electrons. The highest BCUT2D eigenvalue weighted by atomic mass is 16.5. The number of piperidine rings is 2. The van der Waals surface area contributed by atoms with Crippen LogP contribution in [0.25, 0.3) is 10.9 Å². The first kappa shape index (κ1) is 20.0. The average molecular weight is 412 g/mol. The first-order valence-corrected chi connectivity index (χ1v) is 11.3. The molecule has 4 aliphatic rings. The molecule has 1 saturated carbocycles. The van der Waals surface area contributed by atoms with Gasteiger partial charge in [-0.05, 0) is 49.1 Å². The van der Waals surface area contributed by atoms with Gasteiger partial charge in [0.2, 0.25) is 5.91 Å². The van der Waals surface area contributed by atoms with E-state index in [1.807, 2.05) is 0 Å². The maximum atomic E-state index is 14.0. The Kier molecular flexibility index (Phi) is 5.33.